The van der Waals surface area contributed by atoms with Crippen LogP contribution in [0.4, 0.5) is 4.79 Å². The molecule has 0 radical (unpaired) electrons. The van der Waals surface area contributed by atoms with Crippen molar-refractivity contribution in [3.05, 3.63) is 54.4 Å². The third kappa shape index (κ3) is 4.23. The summed E-state index contributed by atoms with van der Waals surface area (Å²) in [5, 5.41) is 5.82. The first-order valence-electron chi connectivity index (χ1n) is 7.64. The molecule has 2 aromatic heterocycles. The number of rotatable bonds is 5. The topological polar surface area (TPSA) is 89.0 Å². The zero-order valence-electron chi connectivity index (χ0n) is 12.7. The van der Waals surface area contributed by atoms with Gasteiger partial charge >= 0.3 is 6.03 Å². The van der Waals surface area contributed by atoms with Crippen molar-refractivity contribution in [2.24, 2.45) is 0 Å². The molecule has 2 atom stereocenters. The van der Waals surface area contributed by atoms with Crippen LogP contribution in [-0.2, 0) is 11.2 Å². The zero-order chi connectivity index (χ0) is 15.9. The molecule has 0 bridgehead atoms. The van der Waals surface area contributed by atoms with Gasteiger partial charge in [0.25, 0.3) is 0 Å². The number of urea groups is 1. The van der Waals surface area contributed by atoms with Gasteiger partial charge in [0.15, 0.2) is 0 Å². The van der Waals surface area contributed by atoms with Gasteiger partial charge in [-0.25, -0.2) is 4.79 Å². The molecule has 0 aliphatic carbocycles. The molecule has 1 fully saturated rings. The molecule has 0 aromatic carbocycles. The van der Waals surface area contributed by atoms with Crippen LogP contribution < -0.4 is 10.6 Å². The van der Waals surface area contributed by atoms with E-state index in [4.69, 9.17) is 4.74 Å². The fraction of sp³-hybridized carbons (Fsp3) is 0.375. The van der Waals surface area contributed by atoms with Crippen LogP contribution >= 0.6 is 0 Å². The SMILES string of the molecule is O=C(NCCc1cnccn1)N[C@@H]1CCO[C@H]1c1cccnc1. The molecule has 120 valence electrons. The highest BCUT2D eigenvalue weighted by atomic mass is 16.5. The second kappa shape index (κ2) is 7.64. The van der Waals surface area contributed by atoms with Gasteiger partial charge in [0.05, 0.1) is 11.7 Å². The van der Waals surface area contributed by atoms with Crippen molar-refractivity contribution in [1.29, 1.82) is 0 Å². The van der Waals surface area contributed by atoms with Crippen molar-refractivity contribution < 1.29 is 9.53 Å². The Morgan fingerprint density at radius 3 is 2.96 bits per heavy atom. The average molecular weight is 313 g/mol. The lowest BCUT2D eigenvalue weighted by molar-refractivity contribution is 0.0997. The molecule has 2 N–H and O–H groups in total. The lowest BCUT2D eigenvalue weighted by Crippen LogP contribution is -2.43. The van der Waals surface area contributed by atoms with Gasteiger partial charge in [0, 0.05) is 56.1 Å². The van der Waals surface area contributed by atoms with Crippen LogP contribution in [0.25, 0.3) is 0 Å². The number of hydrogen-bond donors (Lipinski definition) is 2. The Kier molecular flexibility index (Phi) is 5.10. The Balaban J connectivity index is 1.47. The van der Waals surface area contributed by atoms with Crippen LogP contribution in [0, 0.1) is 0 Å². The summed E-state index contributed by atoms with van der Waals surface area (Å²) in [6.07, 6.45) is 9.76. The van der Waals surface area contributed by atoms with E-state index in [0.717, 1.165) is 17.7 Å². The lowest BCUT2D eigenvalue weighted by atomic mass is 10.0. The molecule has 23 heavy (non-hydrogen) atoms. The van der Waals surface area contributed by atoms with Crippen molar-refractivity contribution in [3.63, 3.8) is 0 Å². The van der Waals surface area contributed by atoms with E-state index in [2.05, 4.69) is 25.6 Å². The number of nitrogens with zero attached hydrogens (tertiary/aromatic N) is 3. The number of aromatic nitrogens is 3. The van der Waals surface area contributed by atoms with E-state index >= 15 is 0 Å². The average Bonchev–Trinajstić information content (AvgIpc) is 3.05. The quantitative estimate of drug-likeness (QED) is 0.867. The Morgan fingerprint density at radius 1 is 1.26 bits per heavy atom. The van der Waals surface area contributed by atoms with E-state index in [1.807, 2.05) is 12.1 Å². The largest absolute Gasteiger partial charge is 0.371 e. The standard InChI is InChI=1S/C16H19N5O2/c22-16(20-6-3-13-11-18-7-8-19-13)21-14-4-9-23-15(14)12-2-1-5-17-10-12/h1-2,5,7-8,10-11,14-15H,3-4,6,9H2,(H2,20,21,22)/t14-,15+/m1/s1. The van der Waals surface area contributed by atoms with Crippen LogP contribution in [0.2, 0.25) is 0 Å². The molecule has 0 spiro atoms. The first kappa shape index (κ1) is 15.4. The highest BCUT2D eigenvalue weighted by Gasteiger charge is 2.30. The van der Waals surface area contributed by atoms with Crippen molar-refractivity contribution in [3.8, 4) is 0 Å². The van der Waals surface area contributed by atoms with Gasteiger partial charge in [-0.3, -0.25) is 15.0 Å². The smallest absolute Gasteiger partial charge is 0.315 e. The van der Waals surface area contributed by atoms with E-state index in [-0.39, 0.29) is 18.2 Å². The summed E-state index contributed by atoms with van der Waals surface area (Å²) in [5.74, 6) is 0. The zero-order valence-corrected chi connectivity index (χ0v) is 12.7. The number of ether oxygens (including phenoxy) is 1. The minimum atomic E-state index is -0.196. The second-order valence-corrected chi connectivity index (χ2v) is 5.32. The maximum absolute atomic E-state index is 12.0. The van der Waals surface area contributed by atoms with Crippen LogP contribution in [0.5, 0.6) is 0 Å². The molecule has 2 amide bonds. The van der Waals surface area contributed by atoms with Crippen molar-refractivity contribution in [2.75, 3.05) is 13.2 Å². The Morgan fingerprint density at radius 2 is 2.17 bits per heavy atom. The molecule has 7 nitrogen and oxygen atoms in total. The molecular formula is C16H19N5O2. The third-order valence-corrected chi connectivity index (χ3v) is 3.70. The van der Waals surface area contributed by atoms with Crippen LogP contribution in [-0.4, -0.2) is 40.2 Å². The first-order valence-corrected chi connectivity index (χ1v) is 7.64. The van der Waals surface area contributed by atoms with Gasteiger partial charge in [0.1, 0.15) is 6.10 Å². The van der Waals surface area contributed by atoms with Crippen LogP contribution in [0.15, 0.2) is 43.1 Å². The Hall–Kier alpha value is -2.54. The first-order chi connectivity index (χ1) is 11.3. The summed E-state index contributed by atoms with van der Waals surface area (Å²) < 4.78 is 5.73. The van der Waals surface area contributed by atoms with E-state index in [0.29, 0.717) is 19.6 Å². The van der Waals surface area contributed by atoms with E-state index in [9.17, 15) is 4.79 Å². The number of nitrogens with one attached hydrogen (secondary N) is 2. The summed E-state index contributed by atoms with van der Waals surface area (Å²) >= 11 is 0. The number of carbonyl (C=O) groups is 1. The van der Waals surface area contributed by atoms with Crippen molar-refractivity contribution in [2.45, 2.75) is 25.0 Å². The highest BCUT2D eigenvalue weighted by molar-refractivity contribution is 5.74. The number of hydrogen-bond acceptors (Lipinski definition) is 5. The minimum absolute atomic E-state index is 0.0456. The molecular weight excluding hydrogens is 294 g/mol. The van der Waals surface area contributed by atoms with Crippen molar-refractivity contribution in [1.82, 2.24) is 25.6 Å². The second-order valence-electron chi connectivity index (χ2n) is 5.32. The number of amides is 2. The number of carbonyl (C=O) groups excluding carboxylic acids is 1. The predicted molar refractivity (Wildman–Crippen MR) is 83.6 cm³/mol. The van der Waals surface area contributed by atoms with Crippen LogP contribution in [0.1, 0.15) is 23.8 Å². The van der Waals surface area contributed by atoms with Gasteiger partial charge in [-0.15, -0.1) is 0 Å². The molecule has 0 unspecified atom stereocenters. The molecule has 3 heterocycles. The lowest BCUT2D eigenvalue weighted by Gasteiger charge is -2.20. The van der Waals surface area contributed by atoms with Crippen molar-refractivity contribution >= 4 is 6.03 Å². The summed E-state index contributed by atoms with van der Waals surface area (Å²) in [4.78, 5) is 24.3. The van der Waals surface area contributed by atoms with E-state index < -0.39 is 0 Å². The Bertz CT molecular complexity index is 623. The molecule has 3 rings (SSSR count). The molecule has 1 saturated heterocycles. The van der Waals surface area contributed by atoms with Gasteiger partial charge in [-0.2, -0.15) is 0 Å². The summed E-state index contributed by atoms with van der Waals surface area (Å²) in [7, 11) is 0. The molecule has 2 aromatic rings. The Labute approximate surface area is 134 Å². The van der Waals surface area contributed by atoms with Gasteiger partial charge in [0.2, 0.25) is 0 Å². The fourth-order valence-electron chi connectivity index (χ4n) is 2.59. The normalized spacial score (nSPS) is 20.2. The van der Waals surface area contributed by atoms with E-state index in [1.54, 1.807) is 31.0 Å². The van der Waals surface area contributed by atoms with Gasteiger partial charge < -0.3 is 15.4 Å². The molecule has 1 aliphatic heterocycles. The predicted octanol–water partition coefficient (Wildman–Crippen LogP) is 1.24. The number of pyridine rings is 1. The molecule has 7 heteroatoms. The van der Waals surface area contributed by atoms with Gasteiger partial charge in [-0.05, 0) is 12.5 Å². The summed E-state index contributed by atoms with van der Waals surface area (Å²) in [6, 6.07) is 3.59. The maximum atomic E-state index is 12.0. The fourth-order valence-corrected chi connectivity index (χ4v) is 2.59. The minimum Gasteiger partial charge on any atom is -0.371 e. The highest BCUT2D eigenvalue weighted by Crippen LogP contribution is 2.28. The van der Waals surface area contributed by atoms with E-state index in [1.165, 1.54) is 0 Å². The molecule has 1 aliphatic rings. The molecule has 0 saturated carbocycles. The van der Waals surface area contributed by atoms with Gasteiger partial charge in [-0.1, -0.05) is 6.07 Å². The monoisotopic (exact) mass is 313 g/mol. The third-order valence-electron chi connectivity index (χ3n) is 3.70. The van der Waals surface area contributed by atoms with Crippen LogP contribution in [0.3, 0.4) is 0 Å². The summed E-state index contributed by atoms with van der Waals surface area (Å²) in [5.41, 5.74) is 1.83. The maximum Gasteiger partial charge on any atom is 0.315 e. The summed E-state index contributed by atoms with van der Waals surface area (Å²) in [6.45, 7) is 1.14.